The number of ether oxygens (including phenoxy) is 1. The number of aryl methyl sites for hydroxylation is 2. The first-order valence-corrected chi connectivity index (χ1v) is 13.6. The summed E-state index contributed by atoms with van der Waals surface area (Å²) >= 11 is 0. The van der Waals surface area contributed by atoms with E-state index in [-0.39, 0.29) is 12.2 Å². The van der Waals surface area contributed by atoms with Crippen molar-refractivity contribution < 1.29 is 19.4 Å². The molecule has 2 heterocycles. The van der Waals surface area contributed by atoms with Crippen LogP contribution in [0.4, 0.5) is 0 Å². The fraction of sp³-hybridized carbons (Fsp3) is 0.333. The van der Waals surface area contributed by atoms with E-state index in [0.717, 1.165) is 42.6 Å². The molecule has 0 unspecified atom stereocenters. The van der Waals surface area contributed by atoms with Crippen LogP contribution >= 0.6 is 0 Å². The highest BCUT2D eigenvalue weighted by molar-refractivity contribution is 6.13. The lowest BCUT2D eigenvalue weighted by atomic mass is 10.0. The quantitative estimate of drug-likeness (QED) is 0.144. The van der Waals surface area contributed by atoms with Crippen LogP contribution in [0.2, 0.25) is 0 Å². The molecule has 0 fully saturated rings. The van der Waals surface area contributed by atoms with Gasteiger partial charge in [-0.1, -0.05) is 44.2 Å². The smallest absolute Gasteiger partial charge is 0.303 e. The van der Waals surface area contributed by atoms with Gasteiger partial charge in [0, 0.05) is 29.4 Å². The van der Waals surface area contributed by atoms with Crippen LogP contribution in [0.1, 0.15) is 72.3 Å². The Labute approximate surface area is 225 Å². The summed E-state index contributed by atoms with van der Waals surface area (Å²) in [6.45, 7) is 5.13. The maximum absolute atomic E-state index is 13.3. The summed E-state index contributed by atoms with van der Waals surface area (Å²) in [6, 6.07) is 23.9. The highest BCUT2D eigenvalue weighted by atomic mass is 16.5. The third-order valence-electron chi connectivity index (χ3n) is 6.74. The number of carboxylic acids is 1. The average Bonchev–Trinajstić information content (AvgIpc) is 3.27. The topological polar surface area (TPSA) is 68.0 Å². The van der Waals surface area contributed by atoms with Gasteiger partial charge >= 0.3 is 5.97 Å². The van der Waals surface area contributed by atoms with Crippen molar-refractivity contribution in [1.29, 1.82) is 0 Å². The van der Waals surface area contributed by atoms with Crippen LogP contribution in [0.15, 0.2) is 79.0 Å². The van der Waals surface area contributed by atoms with E-state index in [9.17, 15) is 9.59 Å². The molecule has 0 bridgehead atoms. The Morgan fingerprint density at radius 3 is 2.32 bits per heavy atom. The van der Waals surface area contributed by atoms with Crippen molar-refractivity contribution in [2.75, 3.05) is 6.61 Å². The highest BCUT2D eigenvalue weighted by Crippen LogP contribution is 2.23. The van der Waals surface area contributed by atoms with Crippen molar-refractivity contribution in [3.05, 3.63) is 107 Å². The van der Waals surface area contributed by atoms with Gasteiger partial charge in [0.05, 0.1) is 12.1 Å². The van der Waals surface area contributed by atoms with Crippen LogP contribution in [0.25, 0.3) is 5.52 Å². The largest absolute Gasteiger partial charge is 0.494 e. The predicted octanol–water partition coefficient (Wildman–Crippen LogP) is 7.18. The fourth-order valence-electron chi connectivity index (χ4n) is 4.81. The zero-order valence-corrected chi connectivity index (χ0v) is 22.4. The van der Waals surface area contributed by atoms with Gasteiger partial charge in [0.25, 0.3) is 0 Å². The van der Waals surface area contributed by atoms with Crippen molar-refractivity contribution >= 4 is 17.3 Å². The van der Waals surface area contributed by atoms with Gasteiger partial charge in [0.1, 0.15) is 5.75 Å². The Hall–Kier alpha value is -3.86. The number of benzene rings is 2. The maximum Gasteiger partial charge on any atom is 0.303 e. The number of hydrogen-bond donors (Lipinski definition) is 1. The SMILES string of the molecule is CC(C)Cc1ccc(CCCCOc2ccc(C(=O)c3cc(CCCC(=O)O)n4ccccc34)cc2)cc1. The number of ketones is 1. The van der Waals surface area contributed by atoms with Gasteiger partial charge in [0.2, 0.25) is 0 Å². The third-order valence-corrected chi connectivity index (χ3v) is 6.74. The number of carboxylic acid groups (broad SMARTS) is 1. The maximum atomic E-state index is 13.3. The molecular formula is C33H37NO4. The first kappa shape index (κ1) is 27.2. The molecular weight excluding hydrogens is 474 g/mol. The van der Waals surface area contributed by atoms with Crippen molar-refractivity contribution in [2.45, 2.75) is 58.8 Å². The van der Waals surface area contributed by atoms with Crippen LogP contribution < -0.4 is 4.74 Å². The van der Waals surface area contributed by atoms with Crippen LogP contribution in [-0.4, -0.2) is 27.9 Å². The number of rotatable bonds is 14. The molecule has 4 rings (SSSR count). The van der Waals surface area contributed by atoms with E-state index in [1.165, 1.54) is 11.1 Å². The van der Waals surface area contributed by atoms with E-state index in [2.05, 4.69) is 38.1 Å². The highest BCUT2D eigenvalue weighted by Gasteiger charge is 2.17. The molecule has 0 aliphatic rings. The van der Waals surface area contributed by atoms with E-state index >= 15 is 0 Å². The van der Waals surface area contributed by atoms with Crippen LogP contribution in [0.3, 0.4) is 0 Å². The second-order valence-electron chi connectivity index (χ2n) is 10.3. The summed E-state index contributed by atoms with van der Waals surface area (Å²) in [5.41, 5.74) is 5.77. The van der Waals surface area contributed by atoms with Crippen LogP contribution in [-0.2, 0) is 24.1 Å². The number of unbranched alkanes of at least 4 members (excludes halogenated alkanes) is 1. The number of hydrogen-bond acceptors (Lipinski definition) is 3. The second-order valence-corrected chi connectivity index (χ2v) is 10.3. The minimum Gasteiger partial charge on any atom is -0.494 e. The Morgan fingerprint density at radius 1 is 0.868 bits per heavy atom. The van der Waals surface area contributed by atoms with E-state index < -0.39 is 5.97 Å². The number of carbonyl (C=O) groups is 2. The van der Waals surface area contributed by atoms with Crippen molar-refractivity contribution in [1.82, 2.24) is 4.40 Å². The molecule has 5 nitrogen and oxygen atoms in total. The standard InChI is InChI=1S/C33H37NO4/c1-24(2)22-26-14-12-25(13-15-26)8-4-6-21-38-29-18-16-27(17-19-29)33(37)30-23-28(9-7-11-32(35)36)34-20-5-3-10-31(30)34/h3,5,10,12-20,23-24H,4,6-9,11,21-22H2,1-2H3,(H,35,36). The summed E-state index contributed by atoms with van der Waals surface area (Å²) in [5.74, 6) is 0.574. The van der Waals surface area contributed by atoms with E-state index in [1.807, 2.05) is 59.1 Å². The molecule has 0 radical (unpaired) electrons. The minimum atomic E-state index is -0.809. The summed E-state index contributed by atoms with van der Waals surface area (Å²) in [6.07, 6.45) is 7.35. The molecule has 198 valence electrons. The number of carbonyl (C=O) groups excluding carboxylic acids is 1. The summed E-state index contributed by atoms with van der Waals surface area (Å²) in [4.78, 5) is 24.2. The molecule has 0 saturated carbocycles. The molecule has 0 aliphatic carbocycles. The van der Waals surface area contributed by atoms with Gasteiger partial charge in [-0.15, -0.1) is 0 Å². The lowest BCUT2D eigenvalue weighted by Gasteiger charge is -2.08. The summed E-state index contributed by atoms with van der Waals surface area (Å²) in [5, 5.41) is 8.96. The summed E-state index contributed by atoms with van der Waals surface area (Å²) < 4.78 is 7.90. The lowest BCUT2D eigenvalue weighted by molar-refractivity contribution is -0.137. The molecule has 1 N–H and O–H groups in total. The average molecular weight is 512 g/mol. The van der Waals surface area contributed by atoms with E-state index in [0.29, 0.717) is 36.5 Å². The van der Waals surface area contributed by atoms with Crippen LogP contribution in [0, 0.1) is 5.92 Å². The zero-order chi connectivity index (χ0) is 26.9. The Morgan fingerprint density at radius 2 is 1.61 bits per heavy atom. The molecule has 2 aromatic heterocycles. The molecule has 0 spiro atoms. The van der Waals surface area contributed by atoms with Crippen molar-refractivity contribution in [3.8, 4) is 5.75 Å². The number of fused-ring (bicyclic) bond motifs is 1. The molecule has 4 aromatic rings. The van der Waals surface area contributed by atoms with Gasteiger partial charge in [-0.3, -0.25) is 9.59 Å². The Bertz CT molecular complexity index is 1350. The molecule has 2 aromatic carbocycles. The first-order valence-electron chi connectivity index (χ1n) is 13.6. The third kappa shape index (κ3) is 7.34. The van der Waals surface area contributed by atoms with Crippen molar-refractivity contribution in [3.63, 3.8) is 0 Å². The molecule has 0 aliphatic heterocycles. The van der Waals surface area contributed by atoms with E-state index in [4.69, 9.17) is 9.84 Å². The first-order chi connectivity index (χ1) is 18.4. The Kier molecular flexibility index (Phi) is 9.36. The van der Waals surface area contributed by atoms with Gasteiger partial charge in [-0.2, -0.15) is 0 Å². The molecule has 0 atom stereocenters. The summed E-state index contributed by atoms with van der Waals surface area (Å²) in [7, 11) is 0. The number of aliphatic carboxylic acids is 1. The Balaban J connectivity index is 1.29. The zero-order valence-electron chi connectivity index (χ0n) is 22.4. The monoisotopic (exact) mass is 511 g/mol. The molecule has 0 amide bonds. The van der Waals surface area contributed by atoms with Crippen molar-refractivity contribution in [2.24, 2.45) is 5.92 Å². The number of nitrogens with zero attached hydrogens (tertiary/aromatic N) is 1. The number of aromatic nitrogens is 1. The second kappa shape index (κ2) is 13.1. The van der Waals surface area contributed by atoms with Gasteiger partial charge in [-0.25, -0.2) is 0 Å². The van der Waals surface area contributed by atoms with Crippen LogP contribution in [0.5, 0.6) is 5.75 Å². The molecule has 0 saturated heterocycles. The van der Waals surface area contributed by atoms with Gasteiger partial charge in [0.15, 0.2) is 5.78 Å². The van der Waals surface area contributed by atoms with E-state index in [1.54, 1.807) is 0 Å². The fourth-order valence-corrected chi connectivity index (χ4v) is 4.81. The molecule has 38 heavy (non-hydrogen) atoms. The predicted molar refractivity (Wildman–Crippen MR) is 151 cm³/mol. The number of pyridine rings is 1. The normalized spacial score (nSPS) is 11.2. The lowest BCUT2D eigenvalue weighted by Crippen LogP contribution is -2.02. The minimum absolute atomic E-state index is 0.0517. The van der Waals surface area contributed by atoms with Gasteiger partial charge < -0.3 is 14.2 Å². The van der Waals surface area contributed by atoms with Gasteiger partial charge in [-0.05, 0) is 98.0 Å². The molecule has 5 heteroatoms.